The van der Waals surface area contributed by atoms with Gasteiger partial charge in [-0.05, 0) is 46.9 Å². The van der Waals surface area contributed by atoms with Gasteiger partial charge in [0, 0.05) is 6.07 Å². The van der Waals surface area contributed by atoms with Crippen LogP contribution in [0.1, 0.15) is 0 Å². The van der Waals surface area contributed by atoms with Gasteiger partial charge in [0.2, 0.25) is 0 Å². The molecular formula is C12H9FINO. The fourth-order valence-corrected chi connectivity index (χ4v) is 1.76. The van der Waals surface area contributed by atoms with E-state index in [0.29, 0.717) is 17.2 Å². The maximum atomic E-state index is 12.8. The Labute approximate surface area is 106 Å². The molecule has 82 valence electrons. The minimum absolute atomic E-state index is 0.291. The lowest BCUT2D eigenvalue weighted by Crippen LogP contribution is -1.94. The van der Waals surface area contributed by atoms with Crippen LogP contribution in [-0.4, -0.2) is 0 Å². The van der Waals surface area contributed by atoms with Gasteiger partial charge in [0.15, 0.2) is 5.75 Å². The highest BCUT2D eigenvalue weighted by Gasteiger charge is 2.05. The Morgan fingerprint density at radius 1 is 1.06 bits per heavy atom. The van der Waals surface area contributed by atoms with Gasteiger partial charge in [-0.25, -0.2) is 4.39 Å². The van der Waals surface area contributed by atoms with E-state index in [4.69, 9.17) is 10.5 Å². The van der Waals surface area contributed by atoms with E-state index >= 15 is 0 Å². The van der Waals surface area contributed by atoms with E-state index in [0.717, 1.165) is 3.57 Å². The summed E-state index contributed by atoms with van der Waals surface area (Å²) in [6.07, 6.45) is 0. The highest BCUT2D eigenvalue weighted by molar-refractivity contribution is 14.1. The van der Waals surface area contributed by atoms with Crippen LogP contribution in [0.2, 0.25) is 0 Å². The molecule has 0 atom stereocenters. The number of anilines is 1. The molecule has 2 nitrogen and oxygen atoms in total. The van der Waals surface area contributed by atoms with E-state index in [2.05, 4.69) is 22.6 Å². The third kappa shape index (κ3) is 2.44. The van der Waals surface area contributed by atoms with Crippen LogP contribution in [0.5, 0.6) is 11.5 Å². The zero-order chi connectivity index (χ0) is 11.5. The number of rotatable bonds is 2. The largest absolute Gasteiger partial charge is 0.454 e. The smallest absolute Gasteiger partial charge is 0.150 e. The number of nitrogens with two attached hydrogens (primary N) is 1. The van der Waals surface area contributed by atoms with Gasteiger partial charge in [0.25, 0.3) is 0 Å². The molecule has 4 heteroatoms. The van der Waals surface area contributed by atoms with Gasteiger partial charge < -0.3 is 10.5 Å². The number of para-hydroxylation sites is 1. The first-order valence-electron chi connectivity index (χ1n) is 4.64. The maximum Gasteiger partial charge on any atom is 0.150 e. The van der Waals surface area contributed by atoms with Crippen LogP contribution in [0.25, 0.3) is 0 Å². The van der Waals surface area contributed by atoms with Crippen LogP contribution in [-0.2, 0) is 0 Å². The van der Waals surface area contributed by atoms with E-state index in [-0.39, 0.29) is 5.82 Å². The second-order valence-electron chi connectivity index (χ2n) is 3.21. The van der Waals surface area contributed by atoms with E-state index in [9.17, 15) is 4.39 Å². The lowest BCUT2D eigenvalue weighted by atomic mass is 10.3. The van der Waals surface area contributed by atoms with E-state index in [1.165, 1.54) is 18.2 Å². The third-order valence-electron chi connectivity index (χ3n) is 2.03. The van der Waals surface area contributed by atoms with Gasteiger partial charge >= 0.3 is 0 Å². The van der Waals surface area contributed by atoms with Crippen molar-refractivity contribution in [3.63, 3.8) is 0 Å². The van der Waals surface area contributed by atoms with E-state index < -0.39 is 0 Å². The standard InChI is InChI=1S/C12H9FINO/c13-8-5-6-12(10(15)7-8)16-11-4-2-1-3-9(11)14/h1-7H,15H2. The highest BCUT2D eigenvalue weighted by Crippen LogP contribution is 2.30. The fourth-order valence-electron chi connectivity index (χ4n) is 1.26. The second kappa shape index (κ2) is 4.69. The average molecular weight is 329 g/mol. The minimum Gasteiger partial charge on any atom is -0.454 e. The van der Waals surface area contributed by atoms with Crippen molar-refractivity contribution in [3.8, 4) is 11.5 Å². The summed E-state index contributed by atoms with van der Waals surface area (Å²) >= 11 is 2.17. The van der Waals surface area contributed by atoms with Crippen LogP contribution in [0.15, 0.2) is 42.5 Å². The summed E-state index contributed by atoms with van der Waals surface area (Å²) in [6.45, 7) is 0. The molecule has 2 N–H and O–H groups in total. The molecule has 2 aromatic rings. The maximum absolute atomic E-state index is 12.8. The van der Waals surface area contributed by atoms with E-state index in [1.54, 1.807) is 0 Å². The van der Waals surface area contributed by atoms with Crippen molar-refractivity contribution in [2.75, 3.05) is 5.73 Å². The Kier molecular flexibility index (Phi) is 3.28. The molecule has 0 bridgehead atoms. The molecule has 0 amide bonds. The van der Waals surface area contributed by atoms with Crippen molar-refractivity contribution in [1.82, 2.24) is 0 Å². The predicted octanol–water partition coefficient (Wildman–Crippen LogP) is 3.80. The second-order valence-corrected chi connectivity index (χ2v) is 4.38. The van der Waals surface area contributed by atoms with Gasteiger partial charge in [0.1, 0.15) is 11.6 Å². The molecule has 0 heterocycles. The average Bonchev–Trinajstić information content (AvgIpc) is 2.25. The van der Waals surface area contributed by atoms with Gasteiger partial charge in [-0.15, -0.1) is 0 Å². The van der Waals surface area contributed by atoms with Gasteiger partial charge in [-0.1, -0.05) is 12.1 Å². The number of benzene rings is 2. The van der Waals surface area contributed by atoms with Gasteiger partial charge in [-0.3, -0.25) is 0 Å². The third-order valence-corrected chi connectivity index (χ3v) is 2.92. The lowest BCUT2D eigenvalue weighted by molar-refractivity contribution is 0.480. The molecule has 0 fully saturated rings. The van der Waals surface area contributed by atoms with E-state index in [1.807, 2.05) is 24.3 Å². The Morgan fingerprint density at radius 2 is 1.81 bits per heavy atom. The molecule has 0 saturated carbocycles. The molecule has 0 radical (unpaired) electrons. The monoisotopic (exact) mass is 329 g/mol. The van der Waals surface area contributed by atoms with Crippen molar-refractivity contribution in [1.29, 1.82) is 0 Å². The van der Waals surface area contributed by atoms with Crippen LogP contribution >= 0.6 is 22.6 Å². The Balaban J connectivity index is 2.31. The molecule has 0 aliphatic heterocycles. The normalized spacial score (nSPS) is 10.1. The Morgan fingerprint density at radius 3 is 2.50 bits per heavy atom. The van der Waals surface area contributed by atoms with Crippen molar-refractivity contribution in [2.24, 2.45) is 0 Å². The first-order valence-corrected chi connectivity index (χ1v) is 5.72. The summed E-state index contributed by atoms with van der Waals surface area (Å²) < 4.78 is 19.4. The number of nitrogen functional groups attached to an aromatic ring is 1. The lowest BCUT2D eigenvalue weighted by Gasteiger charge is -2.09. The molecule has 0 unspecified atom stereocenters. The predicted molar refractivity (Wildman–Crippen MR) is 70.0 cm³/mol. The Bertz CT molecular complexity index is 516. The molecule has 0 saturated heterocycles. The molecule has 0 aromatic heterocycles. The number of hydrogen-bond acceptors (Lipinski definition) is 2. The van der Waals surface area contributed by atoms with Crippen LogP contribution < -0.4 is 10.5 Å². The molecule has 0 spiro atoms. The van der Waals surface area contributed by atoms with Crippen molar-refractivity contribution < 1.29 is 9.13 Å². The van der Waals surface area contributed by atoms with Crippen molar-refractivity contribution in [2.45, 2.75) is 0 Å². The molecule has 2 aromatic carbocycles. The summed E-state index contributed by atoms with van der Waals surface area (Å²) in [7, 11) is 0. The molecule has 0 aliphatic rings. The molecular weight excluding hydrogens is 320 g/mol. The van der Waals surface area contributed by atoms with Crippen molar-refractivity contribution in [3.05, 3.63) is 51.9 Å². The van der Waals surface area contributed by atoms with Crippen LogP contribution in [0, 0.1) is 9.39 Å². The first-order chi connectivity index (χ1) is 7.66. The first kappa shape index (κ1) is 11.2. The summed E-state index contributed by atoms with van der Waals surface area (Å²) in [6, 6.07) is 11.6. The number of hydrogen-bond donors (Lipinski definition) is 1. The molecule has 16 heavy (non-hydrogen) atoms. The highest BCUT2D eigenvalue weighted by atomic mass is 127. The zero-order valence-electron chi connectivity index (χ0n) is 8.28. The topological polar surface area (TPSA) is 35.2 Å². The quantitative estimate of drug-likeness (QED) is 0.672. The summed E-state index contributed by atoms with van der Waals surface area (Å²) in [4.78, 5) is 0. The van der Waals surface area contributed by atoms with Crippen LogP contribution in [0.4, 0.5) is 10.1 Å². The van der Waals surface area contributed by atoms with Crippen molar-refractivity contribution >= 4 is 28.3 Å². The van der Waals surface area contributed by atoms with Crippen LogP contribution in [0.3, 0.4) is 0 Å². The zero-order valence-corrected chi connectivity index (χ0v) is 10.4. The number of ether oxygens (including phenoxy) is 1. The fraction of sp³-hybridized carbons (Fsp3) is 0. The number of halogens is 2. The molecule has 2 rings (SSSR count). The van der Waals surface area contributed by atoms with Gasteiger partial charge in [-0.2, -0.15) is 0 Å². The Hall–Kier alpha value is -1.30. The summed E-state index contributed by atoms with van der Waals surface area (Å²) in [5.41, 5.74) is 5.94. The summed E-state index contributed by atoms with van der Waals surface area (Å²) in [5, 5.41) is 0. The molecule has 0 aliphatic carbocycles. The summed E-state index contributed by atoms with van der Waals surface area (Å²) in [5.74, 6) is 0.805. The minimum atomic E-state index is -0.368. The SMILES string of the molecule is Nc1cc(F)ccc1Oc1ccccc1I. The van der Waals surface area contributed by atoms with Gasteiger partial charge in [0.05, 0.1) is 9.26 Å².